The van der Waals surface area contributed by atoms with Crippen molar-refractivity contribution in [3.63, 3.8) is 0 Å². The van der Waals surface area contributed by atoms with Crippen LogP contribution in [0.2, 0.25) is 0 Å². The summed E-state index contributed by atoms with van der Waals surface area (Å²) < 4.78 is 2.14. The predicted octanol–water partition coefficient (Wildman–Crippen LogP) is 6.29. The second-order valence-corrected chi connectivity index (χ2v) is 10.3. The minimum Gasteiger partial charge on any atom is -0.284 e. The van der Waals surface area contributed by atoms with Gasteiger partial charge in [0.15, 0.2) is 5.16 Å². The van der Waals surface area contributed by atoms with Crippen LogP contribution in [0.1, 0.15) is 88.3 Å². The van der Waals surface area contributed by atoms with Gasteiger partial charge >= 0.3 is 0 Å². The van der Waals surface area contributed by atoms with Crippen molar-refractivity contribution in [2.24, 2.45) is 0 Å². The van der Waals surface area contributed by atoms with Gasteiger partial charge in [-0.15, -0.1) is 0 Å². The van der Waals surface area contributed by atoms with Crippen LogP contribution in [-0.2, 0) is 11.8 Å². The van der Waals surface area contributed by atoms with Gasteiger partial charge in [0.2, 0.25) is 0 Å². The highest BCUT2D eigenvalue weighted by atomic mass is 32.2. The number of rotatable bonds is 5. The van der Waals surface area contributed by atoms with E-state index >= 15 is 0 Å². The van der Waals surface area contributed by atoms with Gasteiger partial charge in [0.1, 0.15) is 0 Å². The number of aromatic nitrogens is 2. The van der Waals surface area contributed by atoms with Crippen LogP contribution in [-0.4, -0.2) is 15.3 Å². The van der Waals surface area contributed by atoms with Crippen LogP contribution in [0.15, 0.2) is 34.2 Å². The molecule has 0 radical (unpaired) electrons. The lowest BCUT2D eigenvalue weighted by atomic mass is 9.68. The summed E-state index contributed by atoms with van der Waals surface area (Å²) in [6.07, 6.45) is 12.8. The Morgan fingerprint density at radius 1 is 1.14 bits per heavy atom. The second-order valence-electron chi connectivity index (χ2n) is 9.25. The summed E-state index contributed by atoms with van der Waals surface area (Å²) in [7, 11) is 0. The van der Waals surface area contributed by atoms with Crippen LogP contribution in [0.3, 0.4) is 0 Å². The molecule has 2 saturated carbocycles. The highest BCUT2D eigenvalue weighted by Gasteiger charge is 2.45. The van der Waals surface area contributed by atoms with E-state index in [0.717, 1.165) is 54.3 Å². The highest BCUT2D eigenvalue weighted by molar-refractivity contribution is 7.99. The molecule has 0 saturated heterocycles. The monoisotopic (exact) mass is 408 g/mol. The number of unbranched alkanes of at least 4 members (excludes halogenated alkanes) is 1. The second kappa shape index (κ2) is 7.94. The number of nitrogens with zero attached hydrogens (tertiary/aromatic N) is 2. The molecule has 0 aliphatic heterocycles. The molecule has 0 bridgehead atoms. The van der Waals surface area contributed by atoms with Crippen molar-refractivity contribution >= 4 is 11.8 Å². The first-order chi connectivity index (χ1) is 14.2. The number of hydrogen-bond acceptors (Lipinski definition) is 3. The summed E-state index contributed by atoms with van der Waals surface area (Å²) in [5.41, 5.74) is 4.95. The molecule has 1 aromatic heterocycles. The molecule has 3 nitrogen and oxygen atoms in total. The van der Waals surface area contributed by atoms with E-state index in [4.69, 9.17) is 4.98 Å². The number of benzene rings is 1. The van der Waals surface area contributed by atoms with E-state index in [-0.39, 0.29) is 11.0 Å². The molecule has 2 fully saturated rings. The summed E-state index contributed by atoms with van der Waals surface area (Å²) in [4.78, 5) is 19.4. The molecule has 2 aromatic rings. The van der Waals surface area contributed by atoms with Crippen LogP contribution < -0.4 is 5.56 Å². The van der Waals surface area contributed by atoms with Crippen LogP contribution in [0.25, 0.3) is 11.3 Å². The van der Waals surface area contributed by atoms with Gasteiger partial charge in [0.05, 0.1) is 11.3 Å². The molecule has 4 heteroatoms. The molecule has 1 spiro atoms. The Labute approximate surface area is 178 Å². The fraction of sp³-hybridized carbons (Fsp3) is 0.600. The first-order valence-corrected chi connectivity index (χ1v) is 12.6. The van der Waals surface area contributed by atoms with E-state index in [9.17, 15) is 4.79 Å². The van der Waals surface area contributed by atoms with E-state index in [1.54, 1.807) is 11.8 Å². The van der Waals surface area contributed by atoms with Gasteiger partial charge in [-0.1, -0.05) is 75.1 Å². The van der Waals surface area contributed by atoms with Crippen molar-refractivity contribution in [2.75, 3.05) is 5.75 Å². The Hall–Kier alpha value is -1.55. The fourth-order valence-electron chi connectivity index (χ4n) is 5.92. The summed E-state index contributed by atoms with van der Waals surface area (Å²) in [6, 6.07) is 9.03. The summed E-state index contributed by atoms with van der Waals surface area (Å²) in [6.45, 7) is 2.23. The normalized spacial score (nSPS) is 20.2. The minimum atomic E-state index is 0.0146. The SMILES string of the molecule is CCCCSc1nc2c(c(=O)n1C1CCCC1)C1(CCCC1)Cc1ccccc1-2. The molecule has 29 heavy (non-hydrogen) atoms. The predicted molar refractivity (Wildman–Crippen MR) is 121 cm³/mol. The molecule has 0 unspecified atom stereocenters. The van der Waals surface area contributed by atoms with Gasteiger partial charge in [-0.25, -0.2) is 4.98 Å². The molecule has 5 rings (SSSR count). The lowest BCUT2D eigenvalue weighted by Crippen LogP contribution is -2.41. The minimum absolute atomic E-state index is 0.0146. The third-order valence-corrected chi connectivity index (χ3v) is 8.43. The van der Waals surface area contributed by atoms with Crippen molar-refractivity contribution in [3.8, 4) is 11.3 Å². The van der Waals surface area contributed by atoms with E-state index in [2.05, 4.69) is 35.8 Å². The van der Waals surface area contributed by atoms with E-state index in [1.165, 1.54) is 49.7 Å². The standard InChI is InChI=1S/C25H32N2OS/c1-2-3-16-29-24-26-22-20-13-7-4-10-18(20)17-25(14-8-9-15-25)21(22)23(28)27(24)19-11-5-6-12-19/h4,7,10,13,19H,2-3,5-6,8-9,11-12,14-17H2,1H3. The van der Waals surface area contributed by atoms with E-state index in [1.807, 2.05) is 0 Å². The van der Waals surface area contributed by atoms with Gasteiger partial charge in [0.25, 0.3) is 5.56 Å². The quantitative estimate of drug-likeness (QED) is 0.331. The third-order valence-electron chi connectivity index (χ3n) is 7.39. The first-order valence-electron chi connectivity index (χ1n) is 11.6. The maximum atomic E-state index is 14.1. The van der Waals surface area contributed by atoms with Crippen LogP contribution in [0.4, 0.5) is 0 Å². The average Bonchev–Trinajstić information content (AvgIpc) is 3.41. The molecule has 3 aliphatic carbocycles. The van der Waals surface area contributed by atoms with Crippen molar-refractivity contribution in [2.45, 2.75) is 94.2 Å². The molecule has 1 aromatic carbocycles. The zero-order chi connectivity index (χ0) is 19.8. The third kappa shape index (κ3) is 3.28. The molecular weight excluding hydrogens is 376 g/mol. The lowest BCUT2D eigenvalue weighted by Gasteiger charge is -2.37. The maximum absolute atomic E-state index is 14.1. The number of fused-ring (bicyclic) bond motifs is 4. The number of hydrogen-bond donors (Lipinski definition) is 0. The summed E-state index contributed by atoms with van der Waals surface area (Å²) in [5, 5.41) is 0.971. The number of thioether (sulfide) groups is 1. The Bertz CT molecular complexity index is 952. The van der Waals surface area contributed by atoms with E-state index in [0.29, 0.717) is 6.04 Å². The fourth-order valence-corrected chi connectivity index (χ4v) is 7.06. The van der Waals surface area contributed by atoms with Gasteiger partial charge in [-0.2, -0.15) is 0 Å². The Kier molecular flexibility index (Phi) is 5.32. The van der Waals surface area contributed by atoms with Gasteiger partial charge in [0, 0.05) is 22.8 Å². The largest absolute Gasteiger partial charge is 0.284 e. The van der Waals surface area contributed by atoms with Gasteiger partial charge in [-0.05, 0) is 44.1 Å². The zero-order valence-corrected chi connectivity index (χ0v) is 18.4. The Morgan fingerprint density at radius 2 is 1.90 bits per heavy atom. The molecule has 0 atom stereocenters. The van der Waals surface area contributed by atoms with Crippen molar-refractivity contribution < 1.29 is 0 Å². The smallest absolute Gasteiger partial charge is 0.258 e. The van der Waals surface area contributed by atoms with Crippen LogP contribution in [0.5, 0.6) is 0 Å². The molecule has 3 aliphatic rings. The van der Waals surface area contributed by atoms with Crippen LogP contribution in [0, 0.1) is 0 Å². The van der Waals surface area contributed by atoms with Crippen molar-refractivity contribution in [1.82, 2.24) is 9.55 Å². The summed E-state index contributed by atoms with van der Waals surface area (Å²) in [5.74, 6) is 1.04. The van der Waals surface area contributed by atoms with Crippen molar-refractivity contribution in [1.29, 1.82) is 0 Å². The molecule has 0 N–H and O–H groups in total. The van der Waals surface area contributed by atoms with E-state index < -0.39 is 0 Å². The Balaban J connectivity index is 1.73. The van der Waals surface area contributed by atoms with Crippen LogP contribution >= 0.6 is 11.8 Å². The lowest BCUT2D eigenvalue weighted by molar-refractivity contribution is 0.395. The molecule has 0 amide bonds. The van der Waals surface area contributed by atoms with Gasteiger partial charge < -0.3 is 0 Å². The average molecular weight is 409 g/mol. The molecule has 154 valence electrons. The topological polar surface area (TPSA) is 34.9 Å². The highest BCUT2D eigenvalue weighted by Crippen LogP contribution is 2.50. The van der Waals surface area contributed by atoms with Crippen molar-refractivity contribution in [3.05, 3.63) is 45.7 Å². The first kappa shape index (κ1) is 19.4. The molecular formula is C25H32N2OS. The summed E-state index contributed by atoms with van der Waals surface area (Å²) >= 11 is 1.80. The Morgan fingerprint density at radius 3 is 2.66 bits per heavy atom. The zero-order valence-electron chi connectivity index (χ0n) is 17.6. The maximum Gasteiger partial charge on any atom is 0.258 e. The molecule has 1 heterocycles. The van der Waals surface area contributed by atoms with Gasteiger partial charge in [-0.3, -0.25) is 9.36 Å².